The Hall–Kier alpha value is -4.27. The predicted molar refractivity (Wildman–Crippen MR) is 107 cm³/mol. The Kier molecular flexibility index (Phi) is 4.62. The molecule has 0 atom stereocenters. The van der Waals surface area contributed by atoms with Crippen LogP contribution in [0.4, 0.5) is 5.69 Å². The molecule has 0 unspecified atom stereocenters. The van der Waals surface area contributed by atoms with Crippen LogP contribution in [0.25, 0.3) is 11.0 Å². The number of carbonyl (C=O) groups excluding carboxylic acids is 1. The molecule has 0 radical (unpaired) electrons. The number of nitrogens with zero attached hydrogens (tertiary/aromatic N) is 2. The van der Waals surface area contributed by atoms with E-state index in [0.29, 0.717) is 11.0 Å². The Labute approximate surface area is 162 Å². The minimum atomic E-state index is -0.769. The van der Waals surface area contributed by atoms with Crippen LogP contribution in [0.3, 0.4) is 0 Å². The molecule has 0 aliphatic carbocycles. The summed E-state index contributed by atoms with van der Waals surface area (Å²) < 4.78 is 1.41. The molecule has 9 nitrogen and oxygen atoms in total. The summed E-state index contributed by atoms with van der Waals surface area (Å²) in [6.45, 7) is 0.230. The van der Waals surface area contributed by atoms with Crippen molar-refractivity contribution in [2.45, 2.75) is 6.54 Å². The number of aromatic amines is 2. The first-order valence-electron chi connectivity index (χ1n) is 8.69. The van der Waals surface area contributed by atoms with E-state index in [-0.39, 0.29) is 17.8 Å². The van der Waals surface area contributed by atoms with Gasteiger partial charge in [-0.25, -0.2) is 9.78 Å². The van der Waals surface area contributed by atoms with Gasteiger partial charge in [-0.2, -0.15) is 0 Å². The van der Waals surface area contributed by atoms with Crippen molar-refractivity contribution in [3.05, 3.63) is 103 Å². The molecule has 3 aromatic heterocycles. The summed E-state index contributed by atoms with van der Waals surface area (Å²) in [5.74, 6) is -0.764. The minimum absolute atomic E-state index is 0.146. The number of pyridine rings is 2. The van der Waals surface area contributed by atoms with Crippen molar-refractivity contribution in [3.63, 3.8) is 0 Å². The number of fused-ring (bicyclic) bond motifs is 1. The zero-order valence-electron chi connectivity index (χ0n) is 15.0. The van der Waals surface area contributed by atoms with Gasteiger partial charge in [-0.3, -0.25) is 23.9 Å². The van der Waals surface area contributed by atoms with Crippen LogP contribution in [0.15, 0.2) is 75.3 Å². The number of carbonyl (C=O) groups is 1. The van der Waals surface area contributed by atoms with E-state index in [1.165, 1.54) is 10.6 Å². The van der Waals surface area contributed by atoms with Crippen molar-refractivity contribution in [2.24, 2.45) is 0 Å². The number of hydrogen-bond donors (Lipinski definition) is 3. The summed E-state index contributed by atoms with van der Waals surface area (Å²) in [6.07, 6.45) is 2.65. The van der Waals surface area contributed by atoms with Gasteiger partial charge in [-0.05, 0) is 23.8 Å². The molecule has 3 heterocycles. The molecule has 0 spiro atoms. The van der Waals surface area contributed by atoms with Crippen molar-refractivity contribution in [1.29, 1.82) is 0 Å². The SMILES string of the molecule is O=C(Nc1c[nH]c(=O)[nH]c1=O)c1cc2cccnc2n(Cc2ccccc2)c1=O. The van der Waals surface area contributed by atoms with Crippen molar-refractivity contribution >= 4 is 22.6 Å². The summed E-state index contributed by atoms with van der Waals surface area (Å²) in [5.41, 5.74) is -1.01. The highest BCUT2D eigenvalue weighted by Gasteiger charge is 2.18. The first-order chi connectivity index (χ1) is 14.0. The van der Waals surface area contributed by atoms with Crippen molar-refractivity contribution < 1.29 is 4.79 Å². The Balaban J connectivity index is 1.81. The minimum Gasteiger partial charge on any atom is -0.316 e. The lowest BCUT2D eigenvalue weighted by atomic mass is 10.1. The van der Waals surface area contributed by atoms with Crippen LogP contribution in [-0.2, 0) is 6.54 Å². The van der Waals surface area contributed by atoms with E-state index in [0.717, 1.165) is 11.8 Å². The maximum Gasteiger partial charge on any atom is 0.325 e. The van der Waals surface area contributed by atoms with E-state index in [4.69, 9.17) is 0 Å². The van der Waals surface area contributed by atoms with Gasteiger partial charge in [0.1, 0.15) is 16.9 Å². The number of nitrogens with one attached hydrogen (secondary N) is 3. The van der Waals surface area contributed by atoms with Crippen LogP contribution < -0.4 is 22.1 Å². The van der Waals surface area contributed by atoms with E-state index >= 15 is 0 Å². The molecular formula is C20H15N5O4. The highest BCUT2D eigenvalue weighted by Crippen LogP contribution is 2.13. The first-order valence-corrected chi connectivity index (χ1v) is 8.69. The van der Waals surface area contributed by atoms with Crippen LogP contribution in [0.2, 0.25) is 0 Å². The van der Waals surface area contributed by atoms with E-state index in [2.05, 4.69) is 15.3 Å². The Morgan fingerprint density at radius 2 is 1.86 bits per heavy atom. The molecule has 144 valence electrons. The normalized spacial score (nSPS) is 10.8. The quantitative estimate of drug-likeness (QED) is 0.481. The molecule has 0 fully saturated rings. The van der Waals surface area contributed by atoms with E-state index in [1.54, 1.807) is 18.3 Å². The van der Waals surface area contributed by atoms with Crippen molar-refractivity contribution in [1.82, 2.24) is 19.5 Å². The molecule has 9 heteroatoms. The van der Waals surface area contributed by atoms with Gasteiger partial charge in [0, 0.05) is 17.8 Å². The zero-order valence-corrected chi connectivity index (χ0v) is 15.0. The van der Waals surface area contributed by atoms with Crippen LogP contribution in [0.1, 0.15) is 15.9 Å². The lowest BCUT2D eigenvalue weighted by Crippen LogP contribution is -2.32. The maximum absolute atomic E-state index is 13.1. The number of hydrogen-bond acceptors (Lipinski definition) is 5. The summed E-state index contributed by atoms with van der Waals surface area (Å²) in [5, 5.41) is 2.96. The fraction of sp³-hybridized carbons (Fsp3) is 0.0500. The second-order valence-electron chi connectivity index (χ2n) is 6.29. The first kappa shape index (κ1) is 18.1. The van der Waals surface area contributed by atoms with Crippen LogP contribution in [-0.4, -0.2) is 25.4 Å². The summed E-state index contributed by atoms with van der Waals surface area (Å²) >= 11 is 0. The van der Waals surface area contributed by atoms with Crippen molar-refractivity contribution in [2.75, 3.05) is 5.32 Å². The standard InChI is InChI=1S/C20H15N5O4/c26-17(23-15-10-22-20(29)24-18(15)27)14-9-13-7-4-8-21-16(13)25(19(14)28)11-12-5-2-1-3-6-12/h1-10H,11H2,(H,23,26)(H2,22,24,27,29). The molecule has 1 amide bonds. The Bertz CT molecular complexity index is 1390. The molecule has 0 saturated carbocycles. The lowest BCUT2D eigenvalue weighted by Gasteiger charge is -2.12. The molecule has 4 aromatic rings. The molecule has 4 rings (SSSR count). The second kappa shape index (κ2) is 7.39. The summed E-state index contributed by atoms with van der Waals surface area (Å²) in [6, 6.07) is 14.2. The Morgan fingerprint density at radius 3 is 2.62 bits per heavy atom. The maximum atomic E-state index is 13.1. The molecular weight excluding hydrogens is 374 g/mol. The van der Waals surface area contributed by atoms with Crippen LogP contribution in [0, 0.1) is 0 Å². The fourth-order valence-electron chi connectivity index (χ4n) is 2.97. The molecule has 1 aromatic carbocycles. The number of benzene rings is 1. The van der Waals surface area contributed by atoms with Gasteiger partial charge in [-0.15, -0.1) is 0 Å². The zero-order chi connectivity index (χ0) is 20.4. The van der Waals surface area contributed by atoms with Crippen LogP contribution in [0.5, 0.6) is 0 Å². The number of aromatic nitrogens is 4. The summed E-state index contributed by atoms with van der Waals surface area (Å²) in [4.78, 5) is 57.3. The van der Waals surface area contributed by atoms with Gasteiger partial charge in [0.15, 0.2) is 0 Å². The predicted octanol–water partition coefficient (Wildman–Crippen LogP) is 1.07. The highest BCUT2D eigenvalue weighted by molar-refractivity contribution is 6.05. The van der Waals surface area contributed by atoms with E-state index < -0.39 is 22.7 Å². The number of rotatable bonds is 4. The molecule has 3 N–H and O–H groups in total. The van der Waals surface area contributed by atoms with Crippen molar-refractivity contribution in [3.8, 4) is 0 Å². The van der Waals surface area contributed by atoms with E-state index in [9.17, 15) is 19.2 Å². The van der Waals surface area contributed by atoms with Gasteiger partial charge < -0.3 is 10.3 Å². The molecule has 0 saturated heterocycles. The number of amides is 1. The van der Waals surface area contributed by atoms with Gasteiger partial charge in [0.05, 0.1) is 6.54 Å². The van der Waals surface area contributed by atoms with E-state index in [1.807, 2.05) is 35.3 Å². The average Bonchev–Trinajstić information content (AvgIpc) is 2.72. The highest BCUT2D eigenvalue weighted by atomic mass is 16.2. The average molecular weight is 389 g/mol. The smallest absolute Gasteiger partial charge is 0.316 e. The lowest BCUT2D eigenvalue weighted by molar-refractivity contribution is 0.102. The number of H-pyrrole nitrogens is 2. The van der Waals surface area contributed by atoms with Gasteiger partial charge in [-0.1, -0.05) is 30.3 Å². The monoisotopic (exact) mass is 389 g/mol. The topological polar surface area (TPSA) is 130 Å². The third kappa shape index (κ3) is 3.61. The summed E-state index contributed by atoms with van der Waals surface area (Å²) in [7, 11) is 0. The van der Waals surface area contributed by atoms with Gasteiger partial charge in [0.25, 0.3) is 17.0 Å². The van der Waals surface area contributed by atoms with Gasteiger partial charge >= 0.3 is 5.69 Å². The van der Waals surface area contributed by atoms with Gasteiger partial charge in [0.2, 0.25) is 0 Å². The Morgan fingerprint density at radius 1 is 1.07 bits per heavy atom. The third-order valence-electron chi connectivity index (χ3n) is 4.34. The largest absolute Gasteiger partial charge is 0.325 e. The second-order valence-corrected chi connectivity index (χ2v) is 6.29. The molecule has 0 aliphatic heterocycles. The number of anilines is 1. The third-order valence-corrected chi connectivity index (χ3v) is 4.34. The molecule has 0 bridgehead atoms. The molecule has 0 aliphatic rings. The molecule has 29 heavy (non-hydrogen) atoms. The fourth-order valence-corrected chi connectivity index (χ4v) is 2.97. The van der Waals surface area contributed by atoms with Crippen LogP contribution >= 0.6 is 0 Å².